The van der Waals surface area contributed by atoms with Gasteiger partial charge in [-0.05, 0) is 32.0 Å². The van der Waals surface area contributed by atoms with Crippen LogP contribution in [0.15, 0.2) is 39.5 Å². The van der Waals surface area contributed by atoms with Gasteiger partial charge in [0.15, 0.2) is 36.1 Å². The maximum atomic E-state index is 13.9. The summed E-state index contributed by atoms with van der Waals surface area (Å²) in [5.41, 5.74) is -1.44. The predicted octanol–water partition coefficient (Wildman–Crippen LogP) is -4.37. The number of aliphatic hydroxyl groups is 10. The van der Waals surface area contributed by atoms with Gasteiger partial charge in [-0.25, -0.2) is 0 Å². The lowest BCUT2D eigenvalue weighted by atomic mass is 9.96. The van der Waals surface area contributed by atoms with E-state index in [1.165, 1.54) is 19.9 Å². The molecule has 0 bridgehead atoms. The molecule has 2 aromatic carbocycles. The number of aromatic hydroxyl groups is 4. The number of hydrogen-bond donors (Lipinski definition) is 14. The van der Waals surface area contributed by atoms with E-state index in [9.17, 15) is 76.3 Å². The third kappa shape index (κ3) is 8.51. The number of rotatable bonds is 11. The molecule has 24 heteroatoms. The van der Waals surface area contributed by atoms with E-state index in [1.807, 2.05) is 0 Å². The van der Waals surface area contributed by atoms with Gasteiger partial charge >= 0.3 is 0 Å². The van der Waals surface area contributed by atoms with Gasteiger partial charge in [0, 0.05) is 17.7 Å². The predicted molar refractivity (Wildman–Crippen MR) is 198 cm³/mol. The Morgan fingerprint density at radius 1 is 0.548 bits per heavy atom. The van der Waals surface area contributed by atoms with Crippen molar-refractivity contribution in [3.63, 3.8) is 0 Å². The first kappa shape index (κ1) is 46.0. The Bertz CT molecular complexity index is 2100. The van der Waals surface area contributed by atoms with Gasteiger partial charge < -0.3 is 114 Å². The van der Waals surface area contributed by atoms with Crippen LogP contribution in [0.2, 0.25) is 0 Å². The number of hydrogen-bond acceptors (Lipinski definition) is 24. The SMILES string of the molecule is C[C@@H]1O[C@@H](O[C@@H]2[C@@H](O)[C@H](C)O[C@@H](O[C@@H]3[C@@H](O)[C@H](Oc4c(-c5ccc(O)c(O)c5)oc5cc(O)cc(O)c5c4=O)O[C@H]3CO)[C@@H]2O)[C@H](O[C@@H]2O[C@H](CO)[C@@H](O)[C@H](O)[C@H]2O)[C@H](O)[C@H]1O. The Morgan fingerprint density at radius 3 is 1.82 bits per heavy atom. The summed E-state index contributed by atoms with van der Waals surface area (Å²) in [6.45, 7) is 1.02. The van der Waals surface area contributed by atoms with E-state index in [2.05, 4.69) is 0 Å². The van der Waals surface area contributed by atoms with Crippen LogP contribution in [-0.4, -0.2) is 201 Å². The van der Waals surface area contributed by atoms with Crippen molar-refractivity contribution in [2.45, 2.75) is 131 Å². The second kappa shape index (κ2) is 18.2. The fourth-order valence-electron chi connectivity index (χ4n) is 7.63. The second-order valence-electron chi connectivity index (χ2n) is 15.3. The van der Waals surface area contributed by atoms with Gasteiger partial charge in [0.1, 0.15) is 102 Å². The van der Waals surface area contributed by atoms with E-state index in [1.54, 1.807) is 0 Å². The van der Waals surface area contributed by atoms with Crippen LogP contribution < -0.4 is 10.2 Å². The molecule has 0 spiro atoms. The molecule has 4 aliphatic heterocycles. The van der Waals surface area contributed by atoms with Crippen molar-refractivity contribution in [1.29, 1.82) is 0 Å². The number of phenolic OH excluding ortho intramolecular Hbond substituents is 4. The lowest BCUT2D eigenvalue weighted by Crippen LogP contribution is -2.66. The van der Waals surface area contributed by atoms with Gasteiger partial charge in [-0.1, -0.05) is 0 Å². The lowest BCUT2D eigenvalue weighted by Gasteiger charge is -2.48. The summed E-state index contributed by atoms with van der Waals surface area (Å²) in [5, 5.41) is 147. The molecule has 4 fully saturated rings. The molecule has 5 heterocycles. The number of fused-ring (bicyclic) bond motifs is 1. The first-order valence-electron chi connectivity index (χ1n) is 19.3. The summed E-state index contributed by atoms with van der Waals surface area (Å²) < 4.78 is 51.8. The lowest BCUT2D eigenvalue weighted by molar-refractivity contribution is -0.387. The molecule has 19 atom stereocenters. The molecule has 14 N–H and O–H groups in total. The van der Waals surface area contributed by atoms with E-state index in [0.717, 1.165) is 24.3 Å². The smallest absolute Gasteiger partial charge is 0.239 e. The fourth-order valence-corrected chi connectivity index (χ4v) is 7.63. The van der Waals surface area contributed by atoms with E-state index >= 15 is 0 Å². The quantitative estimate of drug-likeness (QED) is 0.0809. The van der Waals surface area contributed by atoms with E-state index < -0.39 is 175 Å². The van der Waals surface area contributed by atoms with Crippen LogP contribution in [0.4, 0.5) is 0 Å². The molecular formula is C38H48O24. The number of benzene rings is 2. The van der Waals surface area contributed by atoms with Crippen LogP contribution in [0.5, 0.6) is 28.7 Å². The van der Waals surface area contributed by atoms with Crippen molar-refractivity contribution in [2.24, 2.45) is 0 Å². The number of phenols is 4. The highest BCUT2D eigenvalue weighted by molar-refractivity contribution is 5.88. The van der Waals surface area contributed by atoms with Gasteiger partial charge in [0.25, 0.3) is 0 Å². The standard InChI is InChI=1S/C38H48O24/c1-10-21(45)26(50)34(62-35-27(51)25(49)23(47)18(8-39)57-35)38(55-10)60-32-22(46)11(2)54-36(29(32)53)59-31-19(9-40)58-37(28(31)52)61-33-24(48)20-16(44)6-13(41)7-17(20)56-30(33)12-3-4-14(42)15(43)5-12/h3-7,10-11,18-19,21-23,25-29,31-32,34-47,49-53H,8-9H2,1-2H3/t10-,11-,18+,19-,21-,22-,23+,25-,26+,27+,28+,29+,31-,32+,34+,35-,36-,37-,38-/m0/s1. The molecular weight excluding hydrogens is 840 g/mol. The zero-order valence-electron chi connectivity index (χ0n) is 32.6. The zero-order chi connectivity index (χ0) is 45.1. The van der Waals surface area contributed by atoms with Crippen molar-refractivity contribution in [3.05, 3.63) is 40.6 Å². The molecule has 0 saturated carbocycles. The Labute approximate surface area is 349 Å². The topological polar surface area (TPSA) is 387 Å². The summed E-state index contributed by atoms with van der Waals surface area (Å²) in [5.74, 6) is -3.50. The minimum Gasteiger partial charge on any atom is -0.508 e. The summed E-state index contributed by atoms with van der Waals surface area (Å²) in [4.78, 5) is 13.9. The highest BCUT2D eigenvalue weighted by Gasteiger charge is 2.55. The molecule has 4 aliphatic rings. The minimum atomic E-state index is -2.00. The van der Waals surface area contributed by atoms with Gasteiger partial charge in [0.2, 0.25) is 17.5 Å². The highest BCUT2D eigenvalue weighted by Crippen LogP contribution is 2.41. The van der Waals surface area contributed by atoms with Crippen LogP contribution in [0.25, 0.3) is 22.3 Å². The molecule has 3 aromatic rings. The van der Waals surface area contributed by atoms with Crippen molar-refractivity contribution in [1.82, 2.24) is 0 Å². The van der Waals surface area contributed by atoms with Crippen LogP contribution in [0.3, 0.4) is 0 Å². The maximum Gasteiger partial charge on any atom is 0.239 e. The maximum absolute atomic E-state index is 13.9. The molecule has 0 amide bonds. The van der Waals surface area contributed by atoms with Crippen molar-refractivity contribution >= 4 is 11.0 Å². The molecule has 62 heavy (non-hydrogen) atoms. The van der Waals surface area contributed by atoms with E-state index in [4.69, 9.17) is 42.3 Å². The molecule has 24 nitrogen and oxygen atoms in total. The largest absolute Gasteiger partial charge is 0.508 e. The molecule has 0 radical (unpaired) electrons. The van der Waals surface area contributed by atoms with E-state index in [0.29, 0.717) is 0 Å². The molecule has 4 saturated heterocycles. The average molecular weight is 889 g/mol. The Kier molecular flexibility index (Phi) is 13.5. The summed E-state index contributed by atoms with van der Waals surface area (Å²) in [6, 6.07) is 5.16. The zero-order valence-corrected chi connectivity index (χ0v) is 32.6. The third-order valence-corrected chi connectivity index (χ3v) is 11.1. The molecule has 7 rings (SSSR count). The molecule has 0 unspecified atom stereocenters. The second-order valence-corrected chi connectivity index (χ2v) is 15.3. The summed E-state index contributed by atoms with van der Waals surface area (Å²) >= 11 is 0. The Morgan fingerprint density at radius 2 is 1.15 bits per heavy atom. The molecule has 344 valence electrons. The number of ether oxygens (including phenoxy) is 8. The van der Waals surface area contributed by atoms with E-state index in [-0.39, 0.29) is 11.1 Å². The van der Waals surface area contributed by atoms with Gasteiger partial charge in [-0.15, -0.1) is 0 Å². The molecule has 0 aliphatic carbocycles. The highest BCUT2D eigenvalue weighted by atomic mass is 16.8. The van der Waals surface area contributed by atoms with Gasteiger partial charge in [-0.2, -0.15) is 0 Å². The normalized spacial score (nSPS) is 40.2. The summed E-state index contributed by atoms with van der Waals surface area (Å²) in [6.07, 6.45) is -32.5. The average Bonchev–Trinajstić information content (AvgIpc) is 3.53. The first-order chi connectivity index (χ1) is 29.3. The van der Waals surface area contributed by atoms with Crippen molar-refractivity contribution < 1.29 is 114 Å². The van der Waals surface area contributed by atoms with Gasteiger partial charge in [0.05, 0.1) is 25.4 Å². The van der Waals surface area contributed by atoms with Crippen molar-refractivity contribution in [3.8, 4) is 40.1 Å². The van der Waals surface area contributed by atoms with Crippen LogP contribution in [-0.2, 0) is 33.2 Å². The van der Waals surface area contributed by atoms with Gasteiger partial charge in [-0.3, -0.25) is 4.79 Å². The first-order valence-corrected chi connectivity index (χ1v) is 19.3. The fraction of sp³-hybridized carbons (Fsp3) is 0.605. The Balaban J connectivity index is 1.13. The van der Waals surface area contributed by atoms with Crippen LogP contribution >= 0.6 is 0 Å². The van der Waals surface area contributed by atoms with Crippen molar-refractivity contribution in [2.75, 3.05) is 13.2 Å². The van der Waals surface area contributed by atoms with Crippen LogP contribution in [0, 0.1) is 0 Å². The van der Waals surface area contributed by atoms with Crippen LogP contribution in [0.1, 0.15) is 13.8 Å². The molecule has 1 aromatic heterocycles. The third-order valence-electron chi connectivity index (χ3n) is 11.1. The minimum absolute atomic E-state index is 0.0624. The summed E-state index contributed by atoms with van der Waals surface area (Å²) in [7, 11) is 0. The Hall–Kier alpha value is -4.03. The number of aliphatic hydroxyl groups excluding tert-OH is 10. The monoisotopic (exact) mass is 888 g/mol.